The quantitative estimate of drug-likeness (QED) is 0.363. The number of nitro benzene ring substituents is 1. The maximum Gasteiger partial charge on any atom is 0.339 e. The first kappa shape index (κ1) is 21.8. The molecule has 0 unspecified atom stereocenters. The Labute approximate surface area is 163 Å². The van der Waals surface area contributed by atoms with Gasteiger partial charge in [0.15, 0.2) is 16.4 Å². The first-order valence-corrected chi connectivity index (χ1v) is 10.9. The van der Waals surface area contributed by atoms with Crippen molar-refractivity contribution in [2.75, 3.05) is 24.7 Å². The van der Waals surface area contributed by atoms with E-state index in [0.717, 1.165) is 6.42 Å². The molecule has 1 aliphatic rings. The number of amides is 1. The van der Waals surface area contributed by atoms with Crippen LogP contribution in [0.3, 0.4) is 0 Å². The largest absolute Gasteiger partial charge is 0.452 e. The lowest BCUT2D eigenvalue weighted by molar-refractivity contribution is -0.385. The molecule has 10 heteroatoms. The summed E-state index contributed by atoms with van der Waals surface area (Å²) in [7, 11) is -3.16. The Kier molecular flexibility index (Phi) is 7.11. The minimum atomic E-state index is -3.16. The highest BCUT2D eigenvalue weighted by Gasteiger charge is 2.34. The van der Waals surface area contributed by atoms with Crippen LogP contribution in [0.2, 0.25) is 0 Å². The highest BCUT2D eigenvalue weighted by molar-refractivity contribution is 7.91. The molecule has 0 bridgehead atoms. The van der Waals surface area contributed by atoms with E-state index in [0.29, 0.717) is 19.4 Å². The van der Waals surface area contributed by atoms with Gasteiger partial charge < -0.3 is 9.64 Å². The maximum absolute atomic E-state index is 12.6. The number of nitro groups is 1. The van der Waals surface area contributed by atoms with E-state index in [1.807, 2.05) is 6.92 Å². The molecule has 0 N–H and O–H groups in total. The van der Waals surface area contributed by atoms with Gasteiger partial charge in [-0.3, -0.25) is 14.9 Å². The molecule has 9 nitrogen and oxygen atoms in total. The molecule has 0 aromatic heterocycles. The summed E-state index contributed by atoms with van der Waals surface area (Å²) in [6, 6.07) is 3.64. The predicted octanol–water partition coefficient (Wildman–Crippen LogP) is 1.88. The molecule has 0 radical (unpaired) electrons. The van der Waals surface area contributed by atoms with Crippen molar-refractivity contribution in [1.82, 2.24) is 4.90 Å². The summed E-state index contributed by atoms with van der Waals surface area (Å²) < 4.78 is 28.6. The van der Waals surface area contributed by atoms with Gasteiger partial charge in [-0.15, -0.1) is 0 Å². The summed E-state index contributed by atoms with van der Waals surface area (Å²) in [5, 5.41) is 11.0. The molecular formula is C18H24N2O7S. The number of benzene rings is 1. The lowest BCUT2D eigenvalue weighted by Gasteiger charge is -2.28. The second-order valence-corrected chi connectivity index (χ2v) is 9.01. The van der Waals surface area contributed by atoms with Crippen molar-refractivity contribution in [1.29, 1.82) is 0 Å². The number of rotatable bonds is 8. The Balaban J connectivity index is 2.07. The van der Waals surface area contributed by atoms with Crippen molar-refractivity contribution in [2.24, 2.45) is 0 Å². The third kappa shape index (κ3) is 5.28. The monoisotopic (exact) mass is 412 g/mol. The molecule has 1 atom stereocenters. The molecule has 28 heavy (non-hydrogen) atoms. The topological polar surface area (TPSA) is 124 Å². The molecule has 0 aliphatic carbocycles. The minimum Gasteiger partial charge on any atom is -0.452 e. The Morgan fingerprint density at radius 3 is 2.64 bits per heavy atom. The summed E-state index contributed by atoms with van der Waals surface area (Å²) in [5.74, 6) is -1.34. The molecule has 154 valence electrons. The van der Waals surface area contributed by atoms with Crippen molar-refractivity contribution in [2.45, 2.75) is 39.2 Å². The summed E-state index contributed by atoms with van der Waals surface area (Å²) in [6.07, 6.45) is 1.91. The molecular weight excluding hydrogens is 388 g/mol. The summed E-state index contributed by atoms with van der Waals surface area (Å²) in [4.78, 5) is 36.8. The Bertz CT molecular complexity index is 867. The van der Waals surface area contributed by atoms with Crippen molar-refractivity contribution in [3.8, 4) is 0 Å². The maximum atomic E-state index is 12.6. The fourth-order valence-electron chi connectivity index (χ4n) is 3.19. The normalized spacial score (nSPS) is 17.9. The van der Waals surface area contributed by atoms with Gasteiger partial charge in [-0.05, 0) is 25.8 Å². The van der Waals surface area contributed by atoms with Gasteiger partial charge in [0, 0.05) is 24.2 Å². The van der Waals surface area contributed by atoms with Crippen LogP contribution in [0.4, 0.5) is 5.69 Å². The SMILES string of the molecule is CCCCN(C(=O)COC(=O)c1cccc([N+](=O)[O-])c1C)[C@H]1CCS(=O)(=O)C1. The summed E-state index contributed by atoms with van der Waals surface area (Å²) in [6.45, 7) is 3.25. The Morgan fingerprint density at radius 2 is 2.07 bits per heavy atom. The van der Waals surface area contributed by atoms with E-state index in [4.69, 9.17) is 4.74 Å². The number of esters is 1. The lowest BCUT2D eigenvalue weighted by Crippen LogP contribution is -2.43. The van der Waals surface area contributed by atoms with Crippen LogP contribution in [0.25, 0.3) is 0 Å². The van der Waals surface area contributed by atoms with Gasteiger partial charge in [0.25, 0.3) is 11.6 Å². The average Bonchev–Trinajstić information content (AvgIpc) is 2.99. The van der Waals surface area contributed by atoms with Crippen molar-refractivity contribution in [3.63, 3.8) is 0 Å². The fourth-order valence-corrected chi connectivity index (χ4v) is 4.92. The van der Waals surface area contributed by atoms with Crippen LogP contribution in [-0.4, -0.2) is 60.8 Å². The number of unbranched alkanes of at least 4 members (excludes halogenated alkanes) is 1. The van der Waals surface area contributed by atoms with E-state index in [9.17, 15) is 28.1 Å². The number of ether oxygens (including phenoxy) is 1. The first-order valence-electron chi connectivity index (χ1n) is 9.07. The first-order chi connectivity index (χ1) is 13.2. The summed E-state index contributed by atoms with van der Waals surface area (Å²) in [5.41, 5.74) is -0.0262. The smallest absolute Gasteiger partial charge is 0.339 e. The van der Waals surface area contributed by atoms with E-state index in [-0.39, 0.29) is 28.3 Å². The van der Waals surface area contributed by atoms with Crippen LogP contribution in [-0.2, 0) is 19.4 Å². The second kappa shape index (κ2) is 9.13. The third-order valence-electron chi connectivity index (χ3n) is 4.77. The molecule has 2 rings (SSSR count). The minimum absolute atomic E-state index is 0.0190. The van der Waals surface area contributed by atoms with E-state index in [2.05, 4.69) is 0 Å². The van der Waals surface area contributed by atoms with Gasteiger partial charge in [-0.2, -0.15) is 0 Å². The van der Waals surface area contributed by atoms with Crippen LogP contribution >= 0.6 is 0 Å². The van der Waals surface area contributed by atoms with E-state index >= 15 is 0 Å². The molecule has 0 saturated carbocycles. The van der Waals surface area contributed by atoms with E-state index in [1.165, 1.54) is 30.0 Å². The molecule has 1 heterocycles. The van der Waals surface area contributed by atoms with Crippen LogP contribution in [0, 0.1) is 17.0 Å². The van der Waals surface area contributed by atoms with Gasteiger partial charge >= 0.3 is 5.97 Å². The number of carbonyl (C=O) groups is 2. The van der Waals surface area contributed by atoms with Crippen molar-refractivity contribution in [3.05, 3.63) is 39.4 Å². The number of hydrogen-bond acceptors (Lipinski definition) is 7. The number of hydrogen-bond donors (Lipinski definition) is 0. The predicted molar refractivity (Wildman–Crippen MR) is 102 cm³/mol. The second-order valence-electron chi connectivity index (χ2n) is 6.78. The van der Waals surface area contributed by atoms with Crippen molar-refractivity contribution < 1.29 is 27.7 Å². The summed E-state index contributed by atoms with van der Waals surface area (Å²) >= 11 is 0. The van der Waals surface area contributed by atoms with Gasteiger partial charge in [-0.1, -0.05) is 19.4 Å². The molecule has 0 spiro atoms. The highest BCUT2D eigenvalue weighted by Crippen LogP contribution is 2.22. The van der Waals surface area contributed by atoms with Crippen LogP contribution in [0.1, 0.15) is 42.1 Å². The molecule has 1 aliphatic heterocycles. The fraction of sp³-hybridized carbons (Fsp3) is 0.556. The number of nitrogens with zero attached hydrogens (tertiary/aromatic N) is 2. The number of sulfone groups is 1. The van der Waals surface area contributed by atoms with Gasteiger partial charge in [0.05, 0.1) is 22.0 Å². The zero-order chi connectivity index (χ0) is 20.9. The van der Waals surface area contributed by atoms with Gasteiger partial charge in [0.2, 0.25) is 0 Å². The van der Waals surface area contributed by atoms with Crippen LogP contribution in [0.5, 0.6) is 0 Å². The average molecular weight is 412 g/mol. The molecule has 1 amide bonds. The molecule has 1 saturated heterocycles. The molecule has 1 fully saturated rings. The zero-order valence-corrected chi connectivity index (χ0v) is 16.7. The van der Waals surface area contributed by atoms with Crippen LogP contribution in [0.15, 0.2) is 18.2 Å². The van der Waals surface area contributed by atoms with E-state index < -0.39 is 39.3 Å². The van der Waals surface area contributed by atoms with Crippen molar-refractivity contribution >= 4 is 27.4 Å². The standard InChI is InChI=1S/C18H24N2O7S/c1-3-4-9-19(14-8-10-28(25,26)12-14)17(21)11-27-18(22)15-6-5-7-16(13(15)2)20(23)24/h5-7,14H,3-4,8-12H2,1-2H3/t14-/m0/s1. The lowest BCUT2D eigenvalue weighted by atomic mass is 10.1. The van der Waals surface area contributed by atoms with Crippen LogP contribution < -0.4 is 0 Å². The Morgan fingerprint density at radius 1 is 1.36 bits per heavy atom. The zero-order valence-electron chi connectivity index (χ0n) is 15.9. The molecule has 1 aromatic rings. The van der Waals surface area contributed by atoms with E-state index in [1.54, 1.807) is 0 Å². The molecule has 1 aromatic carbocycles. The third-order valence-corrected chi connectivity index (χ3v) is 6.52. The Hall–Kier alpha value is -2.49. The highest BCUT2D eigenvalue weighted by atomic mass is 32.2. The van der Waals surface area contributed by atoms with Gasteiger partial charge in [0.1, 0.15) is 0 Å². The number of carbonyl (C=O) groups excluding carboxylic acids is 2. The van der Waals surface area contributed by atoms with Gasteiger partial charge in [-0.25, -0.2) is 13.2 Å².